The number of rotatable bonds is 6. The highest BCUT2D eigenvalue weighted by Gasteiger charge is 2.52. The van der Waals surface area contributed by atoms with Crippen LogP contribution in [0.15, 0.2) is 24.3 Å². The summed E-state index contributed by atoms with van der Waals surface area (Å²) >= 11 is 0. The van der Waals surface area contributed by atoms with Gasteiger partial charge in [-0.05, 0) is 18.9 Å². The van der Waals surface area contributed by atoms with E-state index in [2.05, 4.69) is 5.32 Å². The van der Waals surface area contributed by atoms with E-state index in [4.69, 9.17) is 9.84 Å². The van der Waals surface area contributed by atoms with Crippen LogP contribution in [0.4, 0.5) is 0 Å². The van der Waals surface area contributed by atoms with Crippen molar-refractivity contribution in [1.82, 2.24) is 5.32 Å². The molecule has 1 amide bonds. The number of carboxylic acids is 1. The Balaban J connectivity index is 2.11. The van der Waals surface area contributed by atoms with E-state index in [1.807, 2.05) is 24.3 Å². The van der Waals surface area contributed by atoms with Crippen molar-refractivity contribution in [2.75, 3.05) is 13.7 Å². The summed E-state index contributed by atoms with van der Waals surface area (Å²) in [6, 6.07) is 7.47. The van der Waals surface area contributed by atoms with E-state index < -0.39 is 17.3 Å². The molecule has 108 valence electrons. The first-order chi connectivity index (χ1) is 9.51. The number of carboxylic acid groups (broad SMARTS) is 1. The van der Waals surface area contributed by atoms with Crippen LogP contribution in [0.3, 0.4) is 0 Å². The van der Waals surface area contributed by atoms with Gasteiger partial charge in [-0.25, -0.2) is 0 Å². The zero-order valence-electron chi connectivity index (χ0n) is 11.7. The lowest BCUT2D eigenvalue weighted by Gasteiger charge is -2.19. The van der Waals surface area contributed by atoms with E-state index in [0.717, 1.165) is 18.4 Å². The molecular weight excluding hydrogens is 258 g/mol. The molecule has 2 rings (SSSR count). The largest absolute Gasteiger partial charge is 0.496 e. The molecule has 20 heavy (non-hydrogen) atoms. The number of hydrogen-bond acceptors (Lipinski definition) is 3. The molecule has 2 N–H and O–H groups in total. The highest BCUT2D eigenvalue weighted by atomic mass is 16.5. The molecule has 1 aromatic carbocycles. The lowest BCUT2D eigenvalue weighted by molar-refractivity contribution is -0.141. The number of hydrogen-bond donors (Lipinski definition) is 2. The van der Waals surface area contributed by atoms with E-state index >= 15 is 0 Å². The maximum absolute atomic E-state index is 12.4. The first kappa shape index (κ1) is 14.4. The number of amides is 1. The summed E-state index contributed by atoms with van der Waals surface area (Å²) in [6.45, 7) is 1.72. The Morgan fingerprint density at radius 3 is 2.60 bits per heavy atom. The molecule has 0 radical (unpaired) electrons. The quantitative estimate of drug-likeness (QED) is 0.827. The van der Waals surface area contributed by atoms with Gasteiger partial charge in [0.25, 0.3) is 0 Å². The molecule has 1 aliphatic carbocycles. The van der Waals surface area contributed by atoms with Crippen LogP contribution in [-0.2, 0) is 15.0 Å². The molecule has 0 bridgehead atoms. The number of carbonyl (C=O) groups excluding carboxylic acids is 1. The van der Waals surface area contributed by atoms with E-state index in [9.17, 15) is 9.59 Å². The number of ether oxygens (including phenoxy) is 1. The smallest absolute Gasteiger partial charge is 0.308 e. The second-order valence-corrected chi connectivity index (χ2v) is 5.23. The van der Waals surface area contributed by atoms with Crippen LogP contribution in [-0.4, -0.2) is 30.6 Å². The highest BCUT2D eigenvalue weighted by molar-refractivity contribution is 5.92. The minimum atomic E-state index is -0.910. The summed E-state index contributed by atoms with van der Waals surface area (Å²) in [4.78, 5) is 23.1. The minimum absolute atomic E-state index is 0.116. The van der Waals surface area contributed by atoms with Crippen LogP contribution in [0.25, 0.3) is 0 Å². The van der Waals surface area contributed by atoms with Crippen molar-refractivity contribution in [3.63, 3.8) is 0 Å². The summed E-state index contributed by atoms with van der Waals surface area (Å²) in [5, 5.41) is 11.6. The summed E-state index contributed by atoms with van der Waals surface area (Å²) in [6.07, 6.45) is 1.53. The van der Waals surface area contributed by atoms with E-state index in [1.54, 1.807) is 14.0 Å². The van der Waals surface area contributed by atoms with Gasteiger partial charge in [0.1, 0.15) is 5.75 Å². The first-order valence-corrected chi connectivity index (χ1v) is 6.66. The fourth-order valence-corrected chi connectivity index (χ4v) is 2.29. The Bertz CT molecular complexity index is 522. The molecule has 0 saturated heterocycles. The van der Waals surface area contributed by atoms with Gasteiger partial charge in [-0.2, -0.15) is 0 Å². The second-order valence-electron chi connectivity index (χ2n) is 5.23. The number of methoxy groups -OCH3 is 1. The number of aliphatic carboxylic acids is 1. The van der Waals surface area contributed by atoms with Crippen molar-refractivity contribution < 1.29 is 19.4 Å². The van der Waals surface area contributed by atoms with E-state index in [0.29, 0.717) is 5.75 Å². The van der Waals surface area contributed by atoms with Crippen molar-refractivity contribution in [2.24, 2.45) is 5.92 Å². The van der Waals surface area contributed by atoms with Gasteiger partial charge in [-0.1, -0.05) is 25.1 Å². The van der Waals surface area contributed by atoms with Gasteiger partial charge in [0.05, 0.1) is 18.4 Å². The Labute approximate surface area is 117 Å². The van der Waals surface area contributed by atoms with Gasteiger partial charge in [-0.3, -0.25) is 9.59 Å². The topological polar surface area (TPSA) is 75.6 Å². The zero-order chi connectivity index (χ0) is 14.8. The molecular formula is C15H19NO4. The average molecular weight is 277 g/mol. The normalized spacial score (nSPS) is 17.1. The van der Waals surface area contributed by atoms with Crippen molar-refractivity contribution in [1.29, 1.82) is 0 Å². The highest BCUT2D eigenvalue weighted by Crippen LogP contribution is 2.51. The molecule has 0 heterocycles. The van der Waals surface area contributed by atoms with Crippen LogP contribution in [0.2, 0.25) is 0 Å². The fourth-order valence-electron chi connectivity index (χ4n) is 2.29. The van der Waals surface area contributed by atoms with Gasteiger partial charge >= 0.3 is 5.97 Å². The summed E-state index contributed by atoms with van der Waals surface area (Å²) < 4.78 is 5.31. The molecule has 1 atom stereocenters. The van der Waals surface area contributed by atoms with Crippen molar-refractivity contribution in [3.8, 4) is 5.75 Å². The van der Waals surface area contributed by atoms with Gasteiger partial charge in [0.2, 0.25) is 5.91 Å². The third kappa shape index (κ3) is 2.61. The SMILES string of the molecule is COc1ccccc1C1(C(=O)NCC(C)C(=O)O)CC1. The van der Waals surface area contributed by atoms with Crippen molar-refractivity contribution in [3.05, 3.63) is 29.8 Å². The zero-order valence-corrected chi connectivity index (χ0v) is 11.7. The third-order valence-electron chi connectivity index (χ3n) is 3.80. The van der Waals surface area contributed by atoms with Crippen LogP contribution >= 0.6 is 0 Å². The Morgan fingerprint density at radius 2 is 2.05 bits per heavy atom. The Morgan fingerprint density at radius 1 is 1.40 bits per heavy atom. The number of nitrogens with one attached hydrogen (secondary N) is 1. The molecule has 0 aliphatic heterocycles. The molecule has 1 unspecified atom stereocenters. The monoisotopic (exact) mass is 277 g/mol. The Kier molecular flexibility index (Phi) is 3.97. The Hall–Kier alpha value is -2.04. The number of carbonyl (C=O) groups is 2. The fraction of sp³-hybridized carbons (Fsp3) is 0.467. The lowest BCUT2D eigenvalue weighted by atomic mass is 9.93. The van der Waals surface area contributed by atoms with E-state index in [1.165, 1.54) is 0 Å². The molecule has 0 aromatic heterocycles. The first-order valence-electron chi connectivity index (χ1n) is 6.66. The van der Waals surface area contributed by atoms with E-state index in [-0.39, 0.29) is 12.5 Å². The third-order valence-corrected chi connectivity index (χ3v) is 3.80. The summed E-state index contributed by atoms with van der Waals surface area (Å²) in [7, 11) is 1.58. The molecule has 0 spiro atoms. The van der Waals surface area contributed by atoms with Crippen LogP contribution in [0.5, 0.6) is 5.75 Å². The van der Waals surface area contributed by atoms with Crippen molar-refractivity contribution >= 4 is 11.9 Å². The maximum Gasteiger partial charge on any atom is 0.308 e. The van der Waals surface area contributed by atoms with Crippen molar-refractivity contribution in [2.45, 2.75) is 25.2 Å². The average Bonchev–Trinajstić information content (AvgIpc) is 3.25. The molecule has 5 nitrogen and oxygen atoms in total. The minimum Gasteiger partial charge on any atom is -0.496 e. The number of benzene rings is 1. The predicted molar refractivity (Wildman–Crippen MR) is 73.7 cm³/mol. The second kappa shape index (κ2) is 5.53. The lowest BCUT2D eigenvalue weighted by Crippen LogP contribution is -2.38. The maximum atomic E-state index is 12.4. The molecule has 1 fully saturated rings. The molecule has 1 aliphatic rings. The van der Waals surface area contributed by atoms with Gasteiger partial charge in [0, 0.05) is 12.1 Å². The standard InChI is InChI=1S/C15H19NO4/c1-10(13(17)18)9-16-14(19)15(7-8-15)11-5-3-4-6-12(11)20-2/h3-6,10H,7-9H2,1-2H3,(H,16,19)(H,17,18). The van der Waals surface area contributed by atoms with Gasteiger partial charge in [-0.15, -0.1) is 0 Å². The van der Waals surface area contributed by atoms with Crippen LogP contribution < -0.4 is 10.1 Å². The molecule has 5 heteroatoms. The number of para-hydroxylation sites is 1. The van der Waals surface area contributed by atoms with Gasteiger partial charge in [0.15, 0.2) is 0 Å². The van der Waals surface area contributed by atoms with Crippen LogP contribution in [0, 0.1) is 5.92 Å². The summed E-state index contributed by atoms with van der Waals surface area (Å²) in [5.74, 6) is -0.915. The van der Waals surface area contributed by atoms with Gasteiger partial charge < -0.3 is 15.2 Å². The van der Waals surface area contributed by atoms with Crippen LogP contribution in [0.1, 0.15) is 25.3 Å². The molecule has 1 saturated carbocycles. The predicted octanol–water partition coefficient (Wildman–Crippen LogP) is 1.56. The molecule has 1 aromatic rings. The summed E-state index contributed by atoms with van der Waals surface area (Å²) in [5.41, 5.74) is 0.327.